The average Bonchev–Trinajstić information content (AvgIpc) is 3.47. The number of rotatable bonds is 5. The number of fused-ring (bicyclic) bond motifs is 4. The number of aromatic nitrogens is 4. The first-order chi connectivity index (χ1) is 20.5. The van der Waals surface area contributed by atoms with Crippen LogP contribution in [0.25, 0.3) is 27.6 Å². The van der Waals surface area contributed by atoms with Crippen LogP contribution in [-0.2, 0) is 19.5 Å². The van der Waals surface area contributed by atoms with E-state index in [0.717, 1.165) is 12.4 Å². The van der Waals surface area contributed by atoms with Gasteiger partial charge in [0.05, 0.1) is 28.2 Å². The summed E-state index contributed by atoms with van der Waals surface area (Å²) in [5.41, 5.74) is 1.44. The predicted molar refractivity (Wildman–Crippen MR) is 151 cm³/mol. The number of imidazole rings is 1. The molecule has 1 atom stereocenters. The molecule has 1 aliphatic heterocycles. The minimum Gasteiger partial charge on any atom is -0.374 e. The molecule has 0 saturated heterocycles. The average molecular weight is 618 g/mol. The molecule has 6 rings (SSSR count). The summed E-state index contributed by atoms with van der Waals surface area (Å²) in [5.74, 6) is -1.81. The van der Waals surface area contributed by atoms with Crippen LogP contribution in [0.1, 0.15) is 35.2 Å². The zero-order chi connectivity index (χ0) is 30.8. The molecule has 1 aliphatic rings. The van der Waals surface area contributed by atoms with E-state index >= 15 is 0 Å². The minimum absolute atomic E-state index is 0.119. The van der Waals surface area contributed by atoms with Crippen LogP contribution in [0.3, 0.4) is 0 Å². The van der Waals surface area contributed by atoms with Crippen LogP contribution in [0.15, 0.2) is 54.3 Å². The molecule has 0 spiro atoms. The van der Waals surface area contributed by atoms with E-state index in [2.05, 4.69) is 32.2 Å². The maximum atomic E-state index is 14.6. The number of alkyl halides is 4. The normalized spacial score (nSPS) is 15.4. The first kappa shape index (κ1) is 28.6. The Bertz CT molecular complexity index is 2030. The van der Waals surface area contributed by atoms with Crippen molar-refractivity contribution < 1.29 is 26.3 Å². The Labute approximate surface area is 245 Å². The molecule has 7 nitrogen and oxygen atoms in total. The number of anilines is 2. The molecule has 0 saturated carbocycles. The summed E-state index contributed by atoms with van der Waals surface area (Å²) in [5, 5.41) is 6.28. The molecule has 3 heterocycles. The Morgan fingerprint density at radius 2 is 1.86 bits per heavy atom. The topological polar surface area (TPSA) is 72.1 Å². The molecule has 5 aromatic rings. The van der Waals surface area contributed by atoms with Gasteiger partial charge in [-0.2, -0.15) is 13.2 Å². The van der Waals surface area contributed by atoms with Gasteiger partial charge in [-0.05, 0) is 43.3 Å². The van der Waals surface area contributed by atoms with Crippen molar-refractivity contribution in [3.05, 3.63) is 93.8 Å². The number of hydrogen-bond acceptors (Lipinski definition) is 5. The van der Waals surface area contributed by atoms with E-state index in [0.29, 0.717) is 57.3 Å². The SMILES string of the molecule is C=C1NC(c2cc(F)ccc2Cl)c2c(Nc3ncnc4c(C(F)(F)F)cc(F)cc34)cc3c(c21)n(CF)c(=NC)n3CC. The van der Waals surface area contributed by atoms with Gasteiger partial charge in [0, 0.05) is 52.1 Å². The maximum Gasteiger partial charge on any atom is 0.418 e. The van der Waals surface area contributed by atoms with Crippen LogP contribution in [0.5, 0.6) is 0 Å². The van der Waals surface area contributed by atoms with Gasteiger partial charge in [-0.15, -0.1) is 0 Å². The fraction of sp³-hybridized carbons (Fsp3) is 0.207. The van der Waals surface area contributed by atoms with E-state index in [-0.39, 0.29) is 16.2 Å². The quantitative estimate of drug-likeness (QED) is 0.204. The van der Waals surface area contributed by atoms with Crippen molar-refractivity contribution in [2.45, 2.75) is 32.5 Å². The van der Waals surface area contributed by atoms with Crippen LogP contribution >= 0.6 is 11.6 Å². The summed E-state index contributed by atoms with van der Waals surface area (Å²) < 4.78 is 88.1. The van der Waals surface area contributed by atoms with E-state index in [4.69, 9.17) is 11.6 Å². The van der Waals surface area contributed by atoms with Crippen molar-refractivity contribution in [1.29, 1.82) is 0 Å². The molecule has 43 heavy (non-hydrogen) atoms. The third-order valence-electron chi connectivity index (χ3n) is 7.44. The summed E-state index contributed by atoms with van der Waals surface area (Å²) in [6.07, 6.45) is -3.94. The van der Waals surface area contributed by atoms with E-state index in [1.54, 1.807) is 10.6 Å². The molecule has 0 amide bonds. The van der Waals surface area contributed by atoms with Crippen LogP contribution in [0.2, 0.25) is 5.02 Å². The van der Waals surface area contributed by atoms with Crippen molar-refractivity contribution in [1.82, 2.24) is 24.4 Å². The molecule has 0 fully saturated rings. The molecule has 2 N–H and O–H groups in total. The highest BCUT2D eigenvalue weighted by molar-refractivity contribution is 6.31. The molecule has 0 aliphatic carbocycles. The van der Waals surface area contributed by atoms with Crippen LogP contribution in [0, 0.1) is 11.6 Å². The van der Waals surface area contributed by atoms with Gasteiger partial charge < -0.3 is 15.2 Å². The van der Waals surface area contributed by atoms with Crippen LogP contribution in [-0.4, -0.2) is 26.1 Å². The van der Waals surface area contributed by atoms with E-state index in [9.17, 15) is 26.3 Å². The maximum absolute atomic E-state index is 14.6. The zero-order valence-corrected chi connectivity index (χ0v) is 23.4. The summed E-state index contributed by atoms with van der Waals surface area (Å²) in [6.45, 7) is 5.45. The second kappa shape index (κ2) is 10.3. The lowest BCUT2D eigenvalue weighted by atomic mass is 9.94. The molecule has 0 radical (unpaired) electrons. The van der Waals surface area contributed by atoms with Gasteiger partial charge in [-0.25, -0.2) is 23.1 Å². The highest BCUT2D eigenvalue weighted by Crippen LogP contribution is 2.47. The summed E-state index contributed by atoms with van der Waals surface area (Å²) in [7, 11) is 1.52. The van der Waals surface area contributed by atoms with Crippen LogP contribution in [0.4, 0.5) is 37.8 Å². The summed E-state index contributed by atoms with van der Waals surface area (Å²) >= 11 is 6.50. The molecule has 0 bridgehead atoms. The number of aryl methyl sites for hydroxylation is 1. The Morgan fingerprint density at radius 1 is 1.09 bits per heavy atom. The fourth-order valence-corrected chi connectivity index (χ4v) is 5.97. The first-order valence-corrected chi connectivity index (χ1v) is 13.3. The van der Waals surface area contributed by atoms with Gasteiger partial charge in [0.1, 0.15) is 23.8 Å². The fourth-order valence-electron chi connectivity index (χ4n) is 5.74. The number of benzene rings is 3. The lowest BCUT2D eigenvalue weighted by Crippen LogP contribution is -2.24. The summed E-state index contributed by atoms with van der Waals surface area (Å²) in [4.78, 5) is 12.2. The molecule has 1 unspecified atom stereocenters. The van der Waals surface area contributed by atoms with Gasteiger partial charge in [-0.3, -0.25) is 9.56 Å². The van der Waals surface area contributed by atoms with Gasteiger partial charge in [0.15, 0.2) is 6.80 Å². The van der Waals surface area contributed by atoms with Crippen molar-refractivity contribution in [2.75, 3.05) is 12.4 Å². The minimum atomic E-state index is -4.88. The predicted octanol–water partition coefficient (Wildman–Crippen LogP) is 7.22. The third kappa shape index (κ3) is 4.49. The van der Waals surface area contributed by atoms with E-state index < -0.39 is 41.7 Å². The molecular weight excluding hydrogens is 596 g/mol. The number of nitrogens with one attached hydrogen (secondary N) is 2. The van der Waals surface area contributed by atoms with Crippen molar-refractivity contribution in [2.24, 2.45) is 4.99 Å². The smallest absolute Gasteiger partial charge is 0.374 e. The Balaban J connectivity index is 1.70. The molecule has 14 heteroatoms. The number of hydrogen-bond donors (Lipinski definition) is 2. The highest BCUT2D eigenvalue weighted by Gasteiger charge is 2.37. The van der Waals surface area contributed by atoms with Crippen molar-refractivity contribution >= 4 is 50.7 Å². The standard InChI is InChI=1S/C29H22ClF6N7/c1-4-42-21-10-20(41-27-17-8-15(33)9-18(29(34,35)36)24(17)38-12-39-27)23-22(26(21)43(11-31)28(42)37-3)13(2)40-25(23)16-7-14(32)5-6-19(16)30/h5-10,12,25,40H,2,4,11H2,1,3H3,(H,38,39,41). The Kier molecular flexibility index (Phi) is 6.87. The largest absolute Gasteiger partial charge is 0.418 e. The second-order valence-electron chi connectivity index (χ2n) is 9.81. The van der Waals surface area contributed by atoms with Gasteiger partial charge >= 0.3 is 6.18 Å². The summed E-state index contributed by atoms with van der Waals surface area (Å²) in [6, 6.07) is 5.97. The Hall–Kier alpha value is -4.52. The highest BCUT2D eigenvalue weighted by atomic mass is 35.5. The lowest BCUT2D eigenvalue weighted by Gasteiger charge is -2.20. The van der Waals surface area contributed by atoms with E-state index in [1.807, 2.05) is 6.92 Å². The van der Waals surface area contributed by atoms with Crippen molar-refractivity contribution in [3.8, 4) is 0 Å². The number of halogens is 7. The van der Waals surface area contributed by atoms with Gasteiger partial charge in [0.2, 0.25) is 5.62 Å². The first-order valence-electron chi connectivity index (χ1n) is 13.0. The third-order valence-corrected chi connectivity index (χ3v) is 7.78. The molecule has 3 aromatic carbocycles. The van der Waals surface area contributed by atoms with Crippen LogP contribution < -0.4 is 16.3 Å². The van der Waals surface area contributed by atoms with Gasteiger partial charge in [-0.1, -0.05) is 18.2 Å². The molecule has 2 aromatic heterocycles. The lowest BCUT2D eigenvalue weighted by molar-refractivity contribution is -0.136. The van der Waals surface area contributed by atoms with Gasteiger partial charge in [0.25, 0.3) is 0 Å². The monoisotopic (exact) mass is 617 g/mol. The van der Waals surface area contributed by atoms with E-state index in [1.165, 1.54) is 29.8 Å². The zero-order valence-electron chi connectivity index (χ0n) is 22.6. The number of nitrogens with zero attached hydrogens (tertiary/aromatic N) is 5. The Morgan fingerprint density at radius 3 is 2.53 bits per heavy atom. The second-order valence-corrected chi connectivity index (χ2v) is 10.2. The molecular formula is C29H22ClF6N7. The van der Waals surface area contributed by atoms with Crippen molar-refractivity contribution in [3.63, 3.8) is 0 Å². The molecule has 222 valence electrons.